The van der Waals surface area contributed by atoms with E-state index in [9.17, 15) is 4.79 Å². The lowest BCUT2D eigenvalue weighted by molar-refractivity contribution is -0.134. The Kier molecular flexibility index (Phi) is 9.25. The summed E-state index contributed by atoms with van der Waals surface area (Å²) in [6, 6.07) is 20.0. The number of hydrogen-bond acceptors (Lipinski definition) is 2. The lowest BCUT2D eigenvalue weighted by atomic mass is 9.94. The summed E-state index contributed by atoms with van der Waals surface area (Å²) in [4.78, 5) is 14.4. The zero-order chi connectivity index (χ0) is 17.4. The van der Waals surface area contributed by atoms with Crippen LogP contribution in [0.5, 0.6) is 0 Å². The summed E-state index contributed by atoms with van der Waals surface area (Å²) >= 11 is 0. The average molecular weight is 361 g/mol. The third-order valence-corrected chi connectivity index (χ3v) is 4.54. The second kappa shape index (κ2) is 10.9. The van der Waals surface area contributed by atoms with Gasteiger partial charge in [0.25, 0.3) is 0 Å². The number of amides is 1. The highest BCUT2D eigenvalue weighted by Crippen LogP contribution is 2.20. The van der Waals surface area contributed by atoms with Crippen LogP contribution in [-0.4, -0.2) is 24.4 Å². The molecule has 2 aromatic carbocycles. The van der Waals surface area contributed by atoms with E-state index in [4.69, 9.17) is 5.73 Å². The van der Waals surface area contributed by atoms with Crippen molar-refractivity contribution < 1.29 is 4.79 Å². The molecule has 0 saturated heterocycles. The van der Waals surface area contributed by atoms with E-state index in [1.165, 1.54) is 5.56 Å². The number of nitrogens with two attached hydrogens (primary N) is 1. The zero-order valence-electron chi connectivity index (χ0n) is 15.1. The van der Waals surface area contributed by atoms with E-state index in [0.717, 1.165) is 31.4 Å². The second-order valence-electron chi connectivity index (χ2n) is 6.43. The first-order valence-electron chi connectivity index (χ1n) is 8.69. The molecule has 0 saturated carbocycles. The second-order valence-corrected chi connectivity index (χ2v) is 6.43. The van der Waals surface area contributed by atoms with Crippen LogP contribution < -0.4 is 5.73 Å². The molecule has 0 aliphatic carbocycles. The van der Waals surface area contributed by atoms with Crippen LogP contribution in [0.25, 0.3) is 0 Å². The maximum Gasteiger partial charge on any atom is 0.227 e. The fourth-order valence-corrected chi connectivity index (χ4v) is 2.90. The quantitative estimate of drug-likeness (QED) is 0.716. The van der Waals surface area contributed by atoms with E-state index >= 15 is 0 Å². The lowest BCUT2D eigenvalue weighted by Gasteiger charge is -2.25. The Hall–Kier alpha value is -1.84. The number of hydrogen-bond donors (Lipinski definition) is 1. The molecule has 3 nitrogen and oxygen atoms in total. The highest BCUT2D eigenvalue weighted by atomic mass is 35.5. The van der Waals surface area contributed by atoms with Gasteiger partial charge >= 0.3 is 0 Å². The van der Waals surface area contributed by atoms with Gasteiger partial charge in [-0.3, -0.25) is 4.79 Å². The molecule has 2 unspecified atom stereocenters. The normalized spacial score (nSPS) is 12.8. The number of nitrogens with zero attached hydrogens (tertiary/aromatic N) is 1. The number of unbranched alkanes of at least 4 members (excludes halogenated alkanes) is 1. The maximum atomic E-state index is 12.6. The monoisotopic (exact) mass is 360 g/mol. The Balaban J connectivity index is 0.00000312. The van der Waals surface area contributed by atoms with E-state index in [2.05, 4.69) is 24.3 Å². The molecule has 2 rings (SSSR count). The van der Waals surface area contributed by atoms with Gasteiger partial charge in [-0.2, -0.15) is 0 Å². The van der Waals surface area contributed by atoms with Crippen LogP contribution in [0.15, 0.2) is 60.7 Å². The van der Waals surface area contributed by atoms with Crippen LogP contribution in [0.3, 0.4) is 0 Å². The molecule has 0 bridgehead atoms. The van der Waals surface area contributed by atoms with Crippen molar-refractivity contribution in [3.8, 4) is 0 Å². The maximum absolute atomic E-state index is 12.6. The average Bonchev–Trinajstić information content (AvgIpc) is 2.64. The fraction of sp³-hybridized carbons (Fsp3) is 0.381. The van der Waals surface area contributed by atoms with Crippen LogP contribution in [0.4, 0.5) is 0 Å². The molecule has 1 amide bonds. The smallest absolute Gasteiger partial charge is 0.227 e. The minimum atomic E-state index is -0.259. The number of benzene rings is 2. The standard InChI is InChI=1S/C21H28N2O.ClH/c1-17(20(22)19-14-7-4-8-15-19)21(24)23(2)16-10-9-13-18-11-5-3-6-12-18;/h3-8,11-12,14-15,17,20H,9-10,13,16,22H2,1-2H3;1H. The summed E-state index contributed by atoms with van der Waals surface area (Å²) < 4.78 is 0. The molecule has 0 radical (unpaired) electrons. The van der Waals surface area contributed by atoms with Gasteiger partial charge in [0.2, 0.25) is 5.91 Å². The van der Waals surface area contributed by atoms with E-state index in [0.29, 0.717) is 0 Å². The molecular formula is C21H29ClN2O. The summed E-state index contributed by atoms with van der Waals surface area (Å²) in [5, 5.41) is 0. The number of carbonyl (C=O) groups excluding carboxylic acids is 1. The summed E-state index contributed by atoms with van der Waals surface area (Å²) in [5.41, 5.74) is 8.62. The Morgan fingerprint density at radius 2 is 1.56 bits per heavy atom. The Bertz CT molecular complexity index is 618. The van der Waals surface area contributed by atoms with Gasteiger partial charge in [0.05, 0.1) is 5.92 Å². The van der Waals surface area contributed by atoms with Crippen LogP contribution >= 0.6 is 12.4 Å². The third kappa shape index (κ3) is 6.52. The molecule has 2 atom stereocenters. The molecule has 136 valence electrons. The van der Waals surface area contributed by atoms with Crippen LogP contribution in [0, 0.1) is 5.92 Å². The minimum Gasteiger partial charge on any atom is -0.345 e. The zero-order valence-corrected chi connectivity index (χ0v) is 15.9. The third-order valence-electron chi connectivity index (χ3n) is 4.54. The minimum absolute atomic E-state index is 0. The van der Waals surface area contributed by atoms with E-state index in [1.807, 2.05) is 55.3 Å². The van der Waals surface area contributed by atoms with E-state index in [1.54, 1.807) is 0 Å². The van der Waals surface area contributed by atoms with Gasteiger partial charge in [-0.15, -0.1) is 12.4 Å². The molecule has 0 aliphatic rings. The molecule has 2 aromatic rings. The van der Waals surface area contributed by atoms with E-state index in [-0.39, 0.29) is 30.3 Å². The van der Waals surface area contributed by atoms with E-state index < -0.39 is 0 Å². The van der Waals surface area contributed by atoms with Crippen molar-refractivity contribution >= 4 is 18.3 Å². The number of rotatable bonds is 8. The number of halogens is 1. The van der Waals surface area contributed by atoms with Gasteiger partial charge in [0, 0.05) is 19.6 Å². The van der Waals surface area contributed by atoms with Gasteiger partial charge in [0.15, 0.2) is 0 Å². The van der Waals surface area contributed by atoms with Crippen molar-refractivity contribution in [2.24, 2.45) is 11.7 Å². The van der Waals surface area contributed by atoms with Crippen molar-refractivity contribution in [3.05, 3.63) is 71.8 Å². The van der Waals surface area contributed by atoms with Crippen LogP contribution in [0.1, 0.15) is 36.9 Å². The Morgan fingerprint density at radius 1 is 1.00 bits per heavy atom. The fourth-order valence-electron chi connectivity index (χ4n) is 2.90. The molecule has 2 N–H and O–H groups in total. The molecule has 0 spiro atoms. The first-order chi connectivity index (χ1) is 11.6. The highest BCUT2D eigenvalue weighted by molar-refractivity contribution is 5.85. The van der Waals surface area contributed by atoms with Crippen molar-refractivity contribution in [3.63, 3.8) is 0 Å². The van der Waals surface area contributed by atoms with Crippen molar-refractivity contribution in [1.29, 1.82) is 0 Å². The predicted molar refractivity (Wildman–Crippen MR) is 107 cm³/mol. The van der Waals surface area contributed by atoms with Crippen molar-refractivity contribution in [1.82, 2.24) is 4.90 Å². The molecular weight excluding hydrogens is 332 g/mol. The van der Waals surface area contributed by atoms with Crippen LogP contribution in [0.2, 0.25) is 0 Å². The summed E-state index contributed by atoms with van der Waals surface area (Å²) in [7, 11) is 1.87. The first kappa shape index (κ1) is 21.2. The van der Waals surface area contributed by atoms with Crippen molar-refractivity contribution in [2.75, 3.05) is 13.6 Å². The molecule has 4 heteroatoms. The Labute approximate surface area is 157 Å². The van der Waals surface area contributed by atoms with Gasteiger partial charge in [-0.05, 0) is 30.4 Å². The SMILES string of the molecule is CC(C(=O)N(C)CCCCc1ccccc1)C(N)c1ccccc1.Cl. The molecule has 0 heterocycles. The van der Waals surface area contributed by atoms with Gasteiger partial charge in [-0.25, -0.2) is 0 Å². The lowest BCUT2D eigenvalue weighted by Crippen LogP contribution is -2.37. The first-order valence-corrected chi connectivity index (χ1v) is 8.69. The topological polar surface area (TPSA) is 46.3 Å². The molecule has 25 heavy (non-hydrogen) atoms. The highest BCUT2D eigenvalue weighted by Gasteiger charge is 2.24. The van der Waals surface area contributed by atoms with Gasteiger partial charge < -0.3 is 10.6 Å². The van der Waals surface area contributed by atoms with Crippen molar-refractivity contribution in [2.45, 2.75) is 32.2 Å². The number of aryl methyl sites for hydroxylation is 1. The molecule has 0 aliphatic heterocycles. The Morgan fingerprint density at radius 3 is 2.16 bits per heavy atom. The van der Waals surface area contributed by atoms with Gasteiger partial charge in [0.1, 0.15) is 0 Å². The molecule has 0 fully saturated rings. The summed E-state index contributed by atoms with van der Waals surface area (Å²) in [5.74, 6) is -0.0995. The predicted octanol–water partition coefficient (Wildman–Crippen LogP) is 4.23. The summed E-state index contributed by atoms with van der Waals surface area (Å²) in [6.07, 6.45) is 3.15. The number of carbonyl (C=O) groups is 1. The summed E-state index contributed by atoms with van der Waals surface area (Å²) in [6.45, 7) is 2.69. The van der Waals surface area contributed by atoms with Crippen LogP contribution in [-0.2, 0) is 11.2 Å². The molecule has 0 aromatic heterocycles. The van der Waals surface area contributed by atoms with Gasteiger partial charge in [-0.1, -0.05) is 67.6 Å². The largest absolute Gasteiger partial charge is 0.345 e.